The summed E-state index contributed by atoms with van der Waals surface area (Å²) < 4.78 is 5.38. The van der Waals surface area contributed by atoms with E-state index in [1.54, 1.807) is 0 Å². The zero-order chi connectivity index (χ0) is 16.9. The Balaban J connectivity index is 0.00000169. The summed E-state index contributed by atoms with van der Waals surface area (Å²) in [4.78, 5) is 19.5. The number of hydrogen-bond donors (Lipinski definition) is 0. The summed E-state index contributed by atoms with van der Waals surface area (Å²) in [6.07, 6.45) is 0. The highest BCUT2D eigenvalue weighted by atomic mass is 35.5. The van der Waals surface area contributed by atoms with E-state index in [4.69, 9.17) is 4.74 Å². The summed E-state index contributed by atoms with van der Waals surface area (Å²) in [5.74, 6) is 0.163. The summed E-state index contributed by atoms with van der Waals surface area (Å²) in [7, 11) is 0. The standard InChI is InChI=1S/C19H29N3O2.2ClH/c1-16(2)21-7-9-22(10-8-21)19(23)18-5-3-17(4-6-18)15-20-11-13-24-14-12-20;;/h3-6,16H,7-15H2,1-2H3;2*1H. The van der Waals surface area contributed by atoms with Crippen LogP contribution < -0.4 is 0 Å². The van der Waals surface area contributed by atoms with Crippen LogP contribution in [0.4, 0.5) is 0 Å². The summed E-state index contributed by atoms with van der Waals surface area (Å²) in [6.45, 7) is 12.6. The lowest BCUT2D eigenvalue weighted by atomic mass is 10.1. The van der Waals surface area contributed by atoms with Gasteiger partial charge in [-0.3, -0.25) is 14.6 Å². The first-order chi connectivity index (χ1) is 11.6. The summed E-state index contributed by atoms with van der Waals surface area (Å²) >= 11 is 0. The van der Waals surface area contributed by atoms with Gasteiger partial charge in [0.05, 0.1) is 13.2 Å². The molecule has 0 radical (unpaired) electrons. The first-order valence-electron chi connectivity index (χ1n) is 9.06. The van der Waals surface area contributed by atoms with Crippen LogP contribution >= 0.6 is 24.8 Å². The predicted octanol–water partition coefficient (Wildman–Crippen LogP) is 2.53. The fourth-order valence-corrected chi connectivity index (χ4v) is 3.39. The number of hydrogen-bond acceptors (Lipinski definition) is 4. The van der Waals surface area contributed by atoms with Crippen molar-refractivity contribution in [2.45, 2.75) is 26.4 Å². The van der Waals surface area contributed by atoms with E-state index in [1.807, 2.05) is 17.0 Å². The molecule has 5 nitrogen and oxygen atoms in total. The van der Waals surface area contributed by atoms with Gasteiger partial charge in [0.15, 0.2) is 0 Å². The van der Waals surface area contributed by atoms with Gasteiger partial charge >= 0.3 is 0 Å². The molecule has 3 rings (SSSR count). The molecule has 2 fully saturated rings. The van der Waals surface area contributed by atoms with Crippen LogP contribution in [0.25, 0.3) is 0 Å². The molecule has 2 aliphatic rings. The van der Waals surface area contributed by atoms with Gasteiger partial charge in [0.25, 0.3) is 5.91 Å². The number of carbonyl (C=O) groups is 1. The van der Waals surface area contributed by atoms with Crippen LogP contribution in [-0.4, -0.2) is 79.1 Å². The van der Waals surface area contributed by atoms with Crippen molar-refractivity contribution < 1.29 is 9.53 Å². The summed E-state index contributed by atoms with van der Waals surface area (Å²) in [6, 6.07) is 8.70. The van der Waals surface area contributed by atoms with Crippen molar-refractivity contribution in [1.29, 1.82) is 0 Å². The number of piperazine rings is 1. The molecule has 0 unspecified atom stereocenters. The number of halogens is 2. The minimum atomic E-state index is 0. The topological polar surface area (TPSA) is 36.0 Å². The van der Waals surface area contributed by atoms with Crippen molar-refractivity contribution in [3.8, 4) is 0 Å². The molecule has 0 aliphatic carbocycles. The van der Waals surface area contributed by atoms with Gasteiger partial charge in [0, 0.05) is 57.4 Å². The first-order valence-corrected chi connectivity index (χ1v) is 9.06. The zero-order valence-electron chi connectivity index (χ0n) is 15.7. The maximum atomic E-state index is 12.7. The minimum Gasteiger partial charge on any atom is -0.379 e. The normalized spacial score (nSPS) is 19.0. The number of benzene rings is 1. The third-order valence-corrected chi connectivity index (χ3v) is 5.04. The third-order valence-electron chi connectivity index (χ3n) is 5.04. The number of amides is 1. The highest BCUT2D eigenvalue weighted by Crippen LogP contribution is 2.13. The van der Waals surface area contributed by atoms with Crippen molar-refractivity contribution in [3.05, 3.63) is 35.4 Å². The second kappa shape index (κ2) is 11.1. The van der Waals surface area contributed by atoms with Crippen molar-refractivity contribution >= 4 is 30.7 Å². The molecule has 1 amide bonds. The highest BCUT2D eigenvalue weighted by molar-refractivity contribution is 5.94. The molecule has 2 heterocycles. The Bertz CT molecular complexity index is 540. The fourth-order valence-electron chi connectivity index (χ4n) is 3.39. The maximum absolute atomic E-state index is 12.7. The van der Waals surface area contributed by atoms with Gasteiger partial charge in [0.2, 0.25) is 0 Å². The largest absolute Gasteiger partial charge is 0.379 e. The number of rotatable bonds is 4. The van der Waals surface area contributed by atoms with E-state index < -0.39 is 0 Å². The Morgan fingerprint density at radius 1 is 0.962 bits per heavy atom. The van der Waals surface area contributed by atoms with Crippen molar-refractivity contribution in [1.82, 2.24) is 14.7 Å². The lowest BCUT2D eigenvalue weighted by molar-refractivity contribution is 0.0342. The van der Waals surface area contributed by atoms with Gasteiger partial charge in [-0.1, -0.05) is 12.1 Å². The third kappa shape index (κ3) is 6.10. The van der Waals surface area contributed by atoms with E-state index in [0.29, 0.717) is 6.04 Å². The molecule has 1 aromatic carbocycles. The van der Waals surface area contributed by atoms with Crippen LogP contribution in [-0.2, 0) is 11.3 Å². The summed E-state index contributed by atoms with van der Waals surface area (Å²) in [5.41, 5.74) is 2.07. The molecule has 2 aliphatic heterocycles. The molecule has 0 spiro atoms. The average molecular weight is 404 g/mol. The van der Waals surface area contributed by atoms with Gasteiger partial charge in [-0.2, -0.15) is 0 Å². The van der Waals surface area contributed by atoms with Gasteiger partial charge < -0.3 is 9.64 Å². The SMILES string of the molecule is CC(C)N1CCN(C(=O)c2ccc(CN3CCOCC3)cc2)CC1.Cl.Cl. The molecular formula is C19H31Cl2N3O2. The first kappa shape index (κ1) is 23.2. The van der Waals surface area contributed by atoms with Crippen molar-refractivity contribution in [3.63, 3.8) is 0 Å². The van der Waals surface area contributed by atoms with Gasteiger partial charge in [-0.05, 0) is 31.5 Å². The van der Waals surface area contributed by atoms with Crippen molar-refractivity contribution in [2.75, 3.05) is 52.5 Å². The molecule has 0 bridgehead atoms. The van der Waals surface area contributed by atoms with Crippen LogP contribution in [0.2, 0.25) is 0 Å². The summed E-state index contributed by atoms with van der Waals surface area (Å²) in [5, 5.41) is 0. The molecule has 0 atom stereocenters. The minimum absolute atomic E-state index is 0. The fraction of sp³-hybridized carbons (Fsp3) is 0.632. The monoisotopic (exact) mass is 403 g/mol. The Kier molecular flexibility index (Phi) is 9.90. The van der Waals surface area contributed by atoms with Gasteiger partial charge in [0.1, 0.15) is 0 Å². The Labute approximate surface area is 169 Å². The molecule has 0 N–H and O–H groups in total. The smallest absolute Gasteiger partial charge is 0.253 e. The van der Waals surface area contributed by atoms with Crippen LogP contribution in [0, 0.1) is 0 Å². The maximum Gasteiger partial charge on any atom is 0.253 e. The van der Waals surface area contributed by atoms with E-state index in [2.05, 4.69) is 35.8 Å². The van der Waals surface area contributed by atoms with Crippen LogP contribution in [0.15, 0.2) is 24.3 Å². The van der Waals surface area contributed by atoms with E-state index in [9.17, 15) is 4.79 Å². The molecule has 148 valence electrons. The Morgan fingerprint density at radius 2 is 1.54 bits per heavy atom. The van der Waals surface area contributed by atoms with E-state index in [1.165, 1.54) is 5.56 Å². The number of nitrogens with zero attached hydrogens (tertiary/aromatic N) is 3. The second-order valence-electron chi connectivity index (χ2n) is 7.01. The Morgan fingerprint density at radius 3 is 2.08 bits per heavy atom. The molecular weight excluding hydrogens is 373 g/mol. The number of morpholine rings is 1. The predicted molar refractivity (Wildman–Crippen MR) is 110 cm³/mol. The molecule has 0 aromatic heterocycles. The van der Waals surface area contributed by atoms with Crippen molar-refractivity contribution in [2.24, 2.45) is 0 Å². The molecule has 2 saturated heterocycles. The second-order valence-corrected chi connectivity index (χ2v) is 7.01. The lowest BCUT2D eigenvalue weighted by Crippen LogP contribution is -2.50. The molecule has 1 aromatic rings. The Hall–Kier alpha value is -0.850. The lowest BCUT2D eigenvalue weighted by Gasteiger charge is -2.37. The van der Waals surface area contributed by atoms with Crippen LogP contribution in [0.1, 0.15) is 29.8 Å². The van der Waals surface area contributed by atoms with E-state index in [-0.39, 0.29) is 30.7 Å². The highest BCUT2D eigenvalue weighted by Gasteiger charge is 2.23. The van der Waals surface area contributed by atoms with E-state index in [0.717, 1.165) is 64.6 Å². The van der Waals surface area contributed by atoms with E-state index >= 15 is 0 Å². The number of carbonyl (C=O) groups excluding carboxylic acids is 1. The van der Waals surface area contributed by atoms with Crippen LogP contribution in [0.3, 0.4) is 0 Å². The zero-order valence-corrected chi connectivity index (χ0v) is 17.4. The van der Waals surface area contributed by atoms with Crippen LogP contribution in [0.5, 0.6) is 0 Å². The van der Waals surface area contributed by atoms with Gasteiger partial charge in [-0.25, -0.2) is 0 Å². The quantitative estimate of drug-likeness (QED) is 0.773. The molecule has 0 saturated carbocycles. The van der Waals surface area contributed by atoms with Gasteiger partial charge in [-0.15, -0.1) is 24.8 Å². The average Bonchev–Trinajstić information content (AvgIpc) is 2.63. The number of ether oxygens (including phenoxy) is 1. The molecule has 7 heteroatoms. The molecule has 26 heavy (non-hydrogen) atoms.